The van der Waals surface area contributed by atoms with Gasteiger partial charge in [0, 0.05) is 11.1 Å². The van der Waals surface area contributed by atoms with Crippen LogP contribution in [0.4, 0.5) is 10.1 Å². The van der Waals surface area contributed by atoms with Gasteiger partial charge in [0.1, 0.15) is 17.2 Å². The summed E-state index contributed by atoms with van der Waals surface area (Å²) in [6, 6.07) is 11.8. The Labute approximate surface area is 150 Å². The highest BCUT2D eigenvalue weighted by molar-refractivity contribution is 6.32. The lowest BCUT2D eigenvalue weighted by Gasteiger charge is -2.23. The Kier molecular flexibility index (Phi) is 3.70. The maximum atomic E-state index is 13.4. The fraction of sp³-hybridized carbons (Fsp3) is 0.190. The second-order valence-electron chi connectivity index (χ2n) is 6.91. The van der Waals surface area contributed by atoms with Crippen LogP contribution in [0.2, 0.25) is 0 Å². The number of hydrogen-bond acceptors (Lipinski definition) is 3. The highest BCUT2D eigenvalue weighted by Gasteiger charge is 2.37. The molecule has 5 heteroatoms. The highest BCUT2D eigenvalue weighted by Crippen LogP contribution is 2.44. The minimum atomic E-state index is -0.619. The molecule has 0 fully saturated rings. The molecule has 0 saturated carbocycles. The number of aliphatic hydroxyl groups excluding tert-OH is 1. The van der Waals surface area contributed by atoms with Crippen molar-refractivity contribution in [3.05, 3.63) is 76.8 Å². The number of halogens is 1. The Bertz CT molecular complexity index is 971. The number of fused-ring (bicyclic) bond motifs is 1. The average molecular weight is 351 g/mol. The van der Waals surface area contributed by atoms with Crippen LogP contribution in [0.3, 0.4) is 0 Å². The van der Waals surface area contributed by atoms with Gasteiger partial charge in [-0.1, -0.05) is 24.3 Å². The zero-order valence-electron chi connectivity index (χ0n) is 14.5. The number of allylic oxidation sites excluding steroid dienone is 1. The Hall–Kier alpha value is -2.92. The smallest absolute Gasteiger partial charge is 0.260 e. The van der Waals surface area contributed by atoms with E-state index in [1.165, 1.54) is 12.1 Å². The van der Waals surface area contributed by atoms with E-state index in [2.05, 4.69) is 5.32 Å². The van der Waals surface area contributed by atoms with Crippen molar-refractivity contribution in [3.8, 4) is 0 Å². The van der Waals surface area contributed by atoms with Gasteiger partial charge in [-0.15, -0.1) is 0 Å². The van der Waals surface area contributed by atoms with E-state index in [-0.39, 0.29) is 12.5 Å². The third-order valence-electron chi connectivity index (χ3n) is 4.71. The summed E-state index contributed by atoms with van der Waals surface area (Å²) in [4.78, 5) is 12.4. The van der Waals surface area contributed by atoms with Crippen molar-refractivity contribution in [1.29, 1.82) is 0 Å². The highest BCUT2D eigenvalue weighted by atomic mass is 19.1. The largest absolute Gasteiger partial charge is 0.482 e. The molecule has 0 bridgehead atoms. The standard InChI is InChI=1S/C21H18FNO3/c1-21(2)16(13-5-3-12(11-24)4-6-13)10-18(26-21)19-15-8-7-14(22)9-17(15)23-20(19)25/h3-10,24H,11H2,1-2H3,(H,23,25). The summed E-state index contributed by atoms with van der Waals surface area (Å²) >= 11 is 0. The summed E-state index contributed by atoms with van der Waals surface area (Å²) in [6.45, 7) is 3.86. The molecular formula is C21H18FNO3. The molecule has 0 aromatic heterocycles. The Morgan fingerprint density at radius 3 is 2.58 bits per heavy atom. The van der Waals surface area contributed by atoms with E-state index in [0.717, 1.165) is 16.7 Å². The average Bonchev–Trinajstić information content (AvgIpc) is 3.09. The summed E-state index contributed by atoms with van der Waals surface area (Å²) in [5.74, 6) is -0.230. The first kappa shape index (κ1) is 16.5. The summed E-state index contributed by atoms with van der Waals surface area (Å²) in [5, 5.41) is 11.9. The van der Waals surface area contributed by atoms with Crippen LogP contribution in [-0.4, -0.2) is 16.6 Å². The van der Waals surface area contributed by atoms with Crippen molar-refractivity contribution in [1.82, 2.24) is 0 Å². The van der Waals surface area contributed by atoms with Gasteiger partial charge in [0.2, 0.25) is 0 Å². The van der Waals surface area contributed by atoms with Gasteiger partial charge in [0.25, 0.3) is 5.91 Å². The van der Waals surface area contributed by atoms with E-state index < -0.39 is 11.4 Å². The molecule has 0 radical (unpaired) electrons. The SMILES string of the molecule is CC1(C)OC(=C2C(=O)Nc3cc(F)ccc32)C=C1c1ccc(CO)cc1. The molecule has 2 aromatic carbocycles. The molecule has 0 spiro atoms. The fourth-order valence-corrected chi connectivity index (χ4v) is 3.40. The first-order chi connectivity index (χ1) is 12.4. The van der Waals surface area contributed by atoms with Crippen LogP contribution in [-0.2, 0) is 16.1 Å². The Morgan fingerprint density at radius 1 is 1.15 bits per heavy atom. The molecule has 0 saturated heterocycles. The molecule has 2 N–H and O–H groups in total. The van der Waals surface area contributed by atoms with Gasteiger partial charge in [0.15, 0.2) is 0 Å². The third kappa shape index (κ3) is 2.61. The summed E-state index contributed by atoms with van der Waals surface area (Å²) < 4.78 is 19.5. The number of anilines is 1. The number of amides is 1. The Balaban J connectivity index is 1.82. The van der Waals surface area contributed by atoms with Crippen LogP contribution >= 0.6 is 0 Å². The number of ether oxygens (including phenoxy) is 1. The second kappa shape index (κ2) is 5.81. The number of benzene rings is 2. The molecule has 2 aromatic rings. The van der Waals surface area contributed by atoms with Gasteiger partial charge in [0.05, 0.1) is 17.9 Å². The molecule has 0 aliphatic carbocycles. The van der Waals surface area contributed by atoms with Gasteiger partial charge in [-0.25, -0.2) is 4.39 Å². The fourth-order valence-electron chi connectivity index (χ4n) is 3.40. The molecule has 1 amide bonds. The number of nitrogens with one attached hydrogen (secondary N) is 1. The van der Waals surface area contributed by atoms with Gasteiger partial charge < -0.3 is 15.2 Å². The van der Waals surface area contributed by atoms with E-state index in [1.54, 1.807) is 6.07 Å². The van der Waals surface area contributed by atoms with Crippen molar-refractivity contribution in [2.24, 2.45) is 0 Å². The van der Waals surface area contributed by atoms with Crippen molar-refractivity contribution < 1.29 is 19.0 Å². The van der Waals surface area contributed by atoms with Gasteiger partial charge in [-0.3, -0.25) is 4.79 Å². The topological polar surface area (TPSA) is 58.6 Å². The minimum Gasteiger partial charge on any atom is -0.482 e. The number of rotatable bonds is 2. The monoisotopic (exact) mass is 351 g/mol. The summed E-state index contributed by atoms with van der Waals surface area (Å²) in [7, 11) is 0. The first-order valence-electron chi connectivity index (χ1n) is 8.36. The molecule has 0 atom stereocenters. The zero-order chi connectivity index (χ0) is 18.5. The lowest BCUT2D eigenvalue weighted by Crippen LogP contribution is -2.21. The minimum absolute atomic E-state index is 0.0119. The van der Waals surface area contributed by atoms with E-state index in [4.69, 9.17) is 4.74 Å². The molecule has 4 nitrogen and oxygen atoms in total. The number of carbonyl (C=O) groups is 1. The van der Waals surface area contributed by atoms with E-state index in [0.29, 0.717) is 22.6 Å². The van der Waals surface area contributed by atoms with Crippen molar-refractivity contribution in [2.45, 2.75) is 26.1 Å². The first-order valence-corrected chi connectivity index (χ1v) is 8.36. The molecule has 2 aliphatic rings. The summed E-state index contributed by atoms with van der Waals surface area (Å²) in [5.41, 5.74) is 3.61. The maximum Gasteiger partial charge on any atom is 0.260 e. The molecule has 0 unspecified atom stereocenters. The molecule has 2 heterocycles. The number of carbonyl (C=O) groups excluding carboxylic acids is 1. The predicted molar refractivity (Wildman–Crippen MR) is 97.5 cm³/mol. The van der Waals surface area contributed by atoms with E-state index in [1.807, 2.05) is 44.2 Å². The molecule has 26 heavy (non-hydrogen) atoms. The van der Waals surface area contributed by atoms with Gasteiger partial charge in [-0.05, 0) is 49.2 Å². The van der Waals surface area contributed by atoms with Crippen molar-refractivity contribution >= 4 is 22.7 Å². The quantitative estimate of drug-likeness (QED) is 0.808. The lowest BCUT2D eigenvalue weighted by molar-refractivity contribution is -0.111. The van der Waals surface area contributed by atoms with Crippen LogP contribution < -0.4 is 5.32 Å². The lowest BCUT2D eigenvalue weighted by atomic mass is 9.91. The van der Waals surface area contributed by atoms with Crippen LogP contribution in [0.1, 0.15) is 30.5 Å². The van der Waals surface area contributed by atoms with Crippen LogP contribution in [0.15, 0.2) is 54.3 Å². The van der Waals surface area contributed by atoms with E-state index >= 15 is 0 Å². The van der Waals surface area contributed by atoms with Gasteiger partial charge in [-0.2, -0.15) is 0 Å². The van der Waals surface area contributed by atoms with Crippen LogP contribution in [0.25, 0.3) is 11.1 Å². The van der Waals surface area contributed by atoms with E-state index in [9.17, 15) is 14.3 Å². The molecular weight excluding hydrogens is 333 g/mol. The number of aliphatic hydroxyl groups is 1. The normalized spacial score (nSPS) is 20.5. The molecule has 4 rings (SSSR count). The molecule has 2 aliphatic heterocycles. The predicted octanol–water partition coefficient (Wildman–Crippen LogP) is 3.87. The zero-order valence-corrected chi connectivity index (χ0v) is 14.5. The number of hydrogen-bond donors (Lipinski definition) is 2. The van der Waals surface area contributed by atoms with Crippen LogP contribution in [0, 0.1) is 5.82 Å². The Morgan fingerprint density at radius 2 is 1.88 bits per heavy atom. The van der Waals surface area contributed by atoms with Gasteiger partial charge >= 0.3 is 0 Å². The molecule has 132 valence electrons. The van der Waals surface area contributed by atoms with Crippen molar-refractivity contribution in [2.75, 3.05) is 5.32 Å². The van der Waals surface area contributed by atoms with Crippen molar-refractivity contribution in [3.63, 3.8) is 0 Å². The second-order valence-corrected chi connectivity index (χ2v) is 6.91. The summed E-state index contributed by atoms with van der Waals surface area (Å²) in [6.07, 6.45) is 1.86. The van der Waals surface area contributed by atoms with Crippen LogP contribution in [0.5, 0.6) is 0 Å². The maximum absolute atomic E-state index is 13.4. The third-order valence-corrected chi connectivity index (χ3v) is 4.71.